The molecule has 2 rings (SSSR count). The van der Waals surface area contributed by atoms with Crippen molar-refractivity contribution >= 4 is 12.8 Å². The van der Waals surface area contributed by atoms with Crippen LogP contribution in [0.4, 0.5) is 0 Å². The lowest BCUT2D eigenvalue weighted by Gasteiger charge is -2.18. The first-order valence-electron chi connectivity index (χ1n) is 6.81. The molecule has 0 saturated heterocycles. The van der Waals surface area contributed by atoms with E-state index in [0.29, 0.717) is 5.75 Å². The van der Waals surface area contributed by atoms with Gasteiger partial charge in [-0.05, 0) is 35.2 Å². The summed E-state index contributed by atoms with van der Waals surface area (Å²) in [5.41, 5.74) is 1.35. The molecule has 5 heteroatoms. The number of phenols is 2. The molecule has 2 aromatic rings. The highest BCUT2D eigenvalue weighted by Crippen LogP contribution is 2.23. The number of carboxylic acid groups (broad SMARTS) is 1. The standard InChI is InChI=1S/C10H14O.C7H6O3.CH2O/c1-10(2,3)8-4-6-9(11)7-5-8;8-6-4-2-1-3-5(6)7(9)10;1-2/h4-7,11H,1-3H3;1-4,8H,(H,9,10);1H2. The van der Waals surface area contributed by atoms with E-state index in [1.165, 1.54) is 17.7 Å². The van der Waals surface area contributed by atoms with E-state index in [9.17, 15) is 4.79 Å². The summed E-state index contributed by atoms with van der Waals surface area (Å²) < 4.78 is 0. The number of carbonyl (C=O) groups excluding carboxylic acids is 1. The topological polar surface area (TPSA) is 94.8 Å². The first kappa shape index (κ1) is 20.2. The molecule has 0 amide bonds. The molecule has 0 aliphatic carbocycles. The maximum atomic E-state index is 10.3. The van der Waals surface area contributed by atoms with Crippen molar-refractivity contribution in [3.05, 3.63) is 59.7 Å². The highest BCUT2D eigenvalue weighted by Gasteiger charge is 2.12. The Labute approximate surface area is 135 Å². The molecule has 0 bridgehead atoms. The molecule has 5 nitrogen and oxygen atoms in total. The predicted octanol–water partition coefficient (Wildman–Crippen LogP) is 3.60. The van der Waals surface area contributed by atoms with Crippen LogP contribution in [-0.4, -0.2) is 28.1 Å². The highest BCUT2D eigenvalue weighted by molar-refractivity contribution is 5.90. The Hall–Kier alpha value is -2.82. The Morgan fingerprint density at radius 1 is 0.913 bits per heavy atom. The molecule has 0 spiro atoms. The van der Waals surface area contributed by atoms with Crippen molar-refractivity contribution in [1.29, 1.82) is 0 Å². The summed E-state index contributed by atoms with van der Waals surface area (Å²) in [5.74, 6) is -0.980. The molecule has 0 fully saturated rings. The Morgan fingerprint density at radius 2 is 1.39 bits per heavy atom. The van der Waals surface area contributed by atoms with Crippen LogP contribution in [0.1, 0.15) is 36.7 Å². The van der Waals surface area contributed by atoms with Gasteiger partial charge >= 0.3 is 5.97 Å². The number of para-hydroxylation sites is 1. The second kappa shape index (κ2) is 9.25. The number of hydrogen-bond acceptors (Lipinski definition) is 4. The Bertz CT molecular complexity index is 612. The van der Waals surface area contributed by atoms with E-state index >= 15 is 0 Å². The van der Waals surface area contributed by atoms with Crippen molar-refractivity contribution in [3.63, 3.8) is 0 Å². The molecule has 23 heavy (non-hydrogen) atoms. The third-order valence-electron chi connectivity index (χ3n) is 2.87. The maximum absolute atomic E-state index is 10.3. The molecule has 0 radical (unpaired) electrons. The van der Waals surface area contributed by atoms with E-state index in [2.05, 4.69) is 20.8 Å². The number of phenolic OH excluding ortho intramolecular Hbond substituents is 1. The van der Waals surface area contributed by atoms with Crippen LogP contribution in [-0.2, 0) is 10.2 Å². The lowest BCUT2D eigenvalue weighted by atomic mass is 9.87. The fraction of sp³-hybridized carbons (Fsp3) is 0.222. The molecule has 2 aromatic carbocycles. The first-order chi connectivity index (χ1) is 10.7. The minimum Gasteiger partial charge on any atom is -0.508 e. The van der Waals surface area contributed by atoms with Crippen LogP contribution in [0.5, 0.6) is 11.5 Å². The zero-order valence-corrected chi connectivity index (χ0v) is 13.5. The number of carboxylic acids is 1. The number of rotatable bonds is 1. The predicted molar refractivity (Wildman–Crippen MR) is 89.0 cm³/mol. The summed E-state index contributed by atoms with van der Waals surface area (Å²) in [6.07, 6.45) is 0. The minimum absolute atomic E-state index is 0.0671. The second-order valence-corrected chi connectivity index (χ2v) is 5.62. The van der Waals surface area contributed by atoms with Crippen molar-refractivity contribution in [1.82, 2.24) is 0 Å². The van der Waals surface area contributed by atoms with Gasteiger partial charge in [0, 0.05) is 0 Å². The summed E-state index contributed by atoms with van der Waals surface area (Å²) in [5, 5.41) is 26.3. The lowest BCUT2D eigenvalue weighted by molar-refractivity contribution is -0.0980. The average molecular weight is 318 g/mol. The van der Waals surface area contributed by atoms with Gasteiger partial charge in [0.25, 0.3) is 0 Å². The van der Waals surface area contributed by atoms with Crippen molar-refractivity contribution in [2.75, 3.05) is 0 Å². The van der Waals surface area contributed by atoms with Crippen LogP contribution in [0.2, 0.25) is 0 Å². The van der Waals surface area contributed by atoms with Gasteiger partial charge in [0.15, 0.2) is 0 Å². The van der Waals surface area contributed by atoms with E-state index in [0.717, 1.165) is 0 Å². The molecule has 0 atom stereocenters. The third kappa shape index (κ3) is 7.13. The molecule has 0 heterocycles. The van der Waals surface area contributed by atoms with Crippen LogP contribution in [0.25, 0.3) is 0 Å². The molecule has 0 aliphatic rings. The molecule has 3 N–H and O–H groups in total. The summed E-state index contributed by atoms with van der Waals surface area (Å²) in [7, 11) is 0. The Kier molecular flexibility index (Phi) is 8.12. The van der Waals surface area contributed by atoms with Gasteiger partial charge < -0.3 is 20.1 Å². The highest BCUT2D eigenvalue weighted by atomic mass is 16.4. The molecule has 0 unspecified atom stereocenters. The van der Waals surface area contributed by atoms with Crippen LogP contribution in [0.15, 0.2) is 48.5 Å². The fourth-order valence-corrected chi connectivity index (χ4v) is 1.62. The number of benzene rings is 2. The number of hydrogen-bond donors (Lipinski definition) is 3. The number of aromatic hydroxyl groups is 2. The van der Waals surface area contributed by atoms with Gasteiger partial charge in [-0.15, -0.1) is 0 Å². The second-order valence-electron chi connectivity index (χ2n) is 5.62. The largest absolute Gasteiger partial charge is 0.508 e. The van der Waals surface area contributed by atoms with Crippen LogP contribution < -0.4 is 0 Å². The van der Waals surface area contributed by atoms with Crippen LogP contribution >= 0.6 is 0 Å². The minimum atomic E-state index is -1.11. The summed E-state index contributed by atoms with van der Waals surface area (Å²) in [6, 6.07) is 13.2. The van der Waals surface area contributed by atoms with E-state index < -0.39 is 5.97 Å². The van der Waals surface area contributed by atoms with Crippen molar-refractivity contribution in [2.45, 2.75) is 26.2 Å². The molecular formula is C18H22O5. The maximum Gasteiger partial charge on any atom is 0.339 e. The van der Waals surface area contributed by atoms with Crippen molar-refractivity contribution < 1.29 is 24.9 Å². The first-order valence-corrected chi connectivity index (χ1v) is 6.81. The zero-order valence-electron chi connectivity index (χ0n) is 13.5. The summed E-state index contributed by atoms with van der Waals surface area (Å²) in [4.78, 5) is 18.3. The van der Waals surface area contributed by atoms with Crippen molar-refractivity contribution in [3.8, 4) is 11.5 Å². The molecule has 0 saturated carbocycles. The quantitative estimate of drug-likeness (QED) is 0.747. The van der Waals surface area contributed by atoms with Crippen LogP contribution in [0, 0.1) is 0 Å². The van der Waals surface area contributed by atoms with E-state index in [1.54, 1.807) is 24.3 Å². The molecular weight excluding hydrogens is 296 g/mol. The normalized spacial score (nSPS) is 9.70. The van der Waals surface area contributed by atoms with E-state index in [1.807, 2.05) is 18.9 Å². The Morgan fingerprint density at radius 3 is 1.74 bits per heavy atom. The molecule has 0 aliphatic heterocycles. The average Bonchev–Trinajstić information content (AvgIpc) is 2.49. The number of carbonyl (C=O) groups is 2. The summed E-state index contributed by atoms with van der Waals surface area (Å²) >= 11 is 0. The van der Waals surface area contributed by atoms with Gasteiger partial charge in [-0.3, -0.25) is 0 Å². The third-order valence-corrected chi connectivity index (χ3v) is 2.87. The molecule has 0 aromatic heterocycles. The summed E-state index contributed by atoms with van der Waals surface area (Å²) in [6.45, 7) is 8.46. The van der Waals surface area contributed by atoms with Crippen molar-refractivity contribution in [2.24, 2.45) is 0 Å². The smallest absolute Gasteiger partial charge is 0.339 e. The lowest BCUT2D eigenvalue weighted by Crippen LogP contribution is -2.10. The van der Waals surface area contributed by atoms with Gasteiger partial charge in [-0.1, -0.05) is 45.0 Å². The van der Waals surface area contributed by atoms with Gasteiger partial charge in [0.1, 0.15) is 23.9 Å². The number of aromatic carboxylic acids is 1. The van der Waals surface area contributed by atoms with Gasteiger partial charge in [-0.25, -0.2) is 4.79 Å². The van der Waals surface area contributed by atoms with E-state index in [4.69, 9.17) is 20.1 Å². The molecule has 124 valence electrons. The fourth-order valence-electron chi connectivity index (χ4n) is 1.62. The monoisotopic (exact) mass is 318 g/mol. The van der Waals surface area contributed by atoms with Gasteiger partial charge in [0.05, 0.1) is 0 Å². The van der Waals surface area contributed by atoms with E-state index in [-0.39, 0.29) is 16.7 Å². The zero-order chi connectivity index (χ0) is 18.0. The van der Waals surface area contributed by atoms with Gasteiger partial charge in [0.2, 0.25) is 0 Å². The Balaban J connectivity index is 0.000000381. The SMILES string of the molecule is C=O.CC(C)(C)c1ccc(O)cc1.O=C(O)c1ccccc1O. The van der Waals surface area contributed by atoms with Crippen LogP contribution in [0.3, 0.4) is 0 Å². The van der Waals surface area contributed by atoms with Gasteiger partial charge in [-0.2, -0.15) is 0 Å².